The minimum atomic E-state index is -4.66. The van der Waals surface area contributed by atoms with Gasteiger partial charge in [0.1, 0.15) is 0 Å². The van der Waals surface area contributed by atoms with Crippen molar-refractivity contribution in [3.63, 3.8) is 0 Å². The lowest BCUT2D eigenvalue weighted by atomic mass is 10.2. The summed E-state index contributed by atoms with van der Waals surface area (Å²) in [6.07, 6.45) is -3.60. The molecule has 9 heteroatoms. The number of carbonyl (C=O) groups is 1. The second-order valence-corrected chi connectivity index (χ2v) is 6.35. The van der Waals surface area contributed by atoms with Crippen LogP contribution in [0.4, 0.5) is 18.9 Å². The molecule has 2 aromatic heterocycles. The fourth-order valence-electron chi connectivity index (χ4n) is 1.44. The standard InChI is InChI=1S/C10H7F3IN3OS/c1-17-4-5(7(16-17)10(11,12)13)9(18)15-6-2-3-19-8(6)14/h2-4H,1H3,(H,15,18). The molecule has 19 heavy (non-hydrogen) atoms. The lowest BCUT2D eigenvalue weighted by Crippen LogP contribution is -2.17. The number of amides is 1. The van der Waals surface area contributed by atoms with Crippen LogP contribution in [-0.4, -0.2) is 15.7 Å². The molecule has 0 aliphatic heterocycles. The zero-order valence-electron chi connectivity index (χ0n) is 9.45. The summed E-state index contributed by atoms with van der Waals surface area (Å²) in [5.74, 6) is -0.822. The summed E-state index contributed by atoms with van der Waals surface area (Å²) in [4.78, 5) is 11.9. The summed E-state index contributed by atoms with van der Waals surface area (Å²) in [7, 11) is 1.33. The first-order chi connectivity index (χ1) is 8.79. The van der Waals surface area contributed by atoms with E-state index in [1.807, 2.05) is 22.6 Å². The Labute approximate surface area is 123 Å². The van der Waals surface area contributed by atoms with Gasteiger partial charge in [-0.3, -0.25) is 9.48 Å². The number of nitrogens with one attached hydrogen (secondary N) is 1. The normalized spacial score (nSPS) is 11.6. The largest absolute Gasteiger partial charge is 0.435 e. The van der Waals surface area contributed by atoms with E-state index in [0.717, 1.165) is 13.8 Å². The molecule has 0 fully saturated rings. The van der Waals surface area contributed by atoms with E-state index in [4.69, 9.17) is 0 Å². The first-order valence-corrected chi connectivity index (χ1v) is 6.90. The summed E-state index contributed by atoms with van der Waals surface area (Å²) < 4.78 is 39.9. The Morgan fingerprint density at radius 3 is 2.74 bits per heavy atom. The van der Waals surface area contributed by atoms with Crippen LogP contribution < -0.4 is 5.32 Å². The second-order valence-electron chi connectivity index (χ2n) is 3.62. The molecule has 2 rings (SSSR count). The van der Waals surface area contributed by atoms with Crippen molar-refractivity contribution in [1.82, 2.24) is 9.78 Å². The van der Waals surface area contributed by atoms with E-state index in [2.05, 4.69) is 10.4 Å². The number of anilines is 1. The quantitative estimate of drug-likeness (QED) is 0.785. The van der Waals surface area contributed by atoms with E-state index in [1.165, 1.54) is 18.4 Å². The number of aromatic nitrogens is 2. The first kappa shape index (κ1) is 14.3. The van der Waals surface area contributed by atoms with Crippen molar-refractivity contribution >= 4 is 45.5 Å². The average Bonchev–Trinajstić information content (AvgIpc) is 2.85. The van der Waals surface area contributed by atoms with Crippen molar-refractivity contribution in [3.8, 4) is 0 Å². The van der Waals surface area contributed by atoms with Gasteiger partial charge < -0.3 is 5.32 Å². The Morgan fingerprint density at radius 1 is 1.53 bits per heavy atom. The summed E-state index contributed by atoms with van der Waals surface area (Å²) in [6, 6.07) is 1.63. The smallest absolute Gasteiger partial charge is 0.320 e. The van der Waals surface area contributed by atoms with Gasteiger partial charge in [-0.15, -0.1) is 11.3 Å². The number of alkyl halides is 3. The van der Waals surface area contributed by atoms with Crippen LogP contribution >= 0.6 is 33.9 Å². The minimum Gasteiger partial charge on any atom is -0.320 e. The molecular formula is C10H7F3IN3OS. The third kappa shape index (κ3) is 3.08. The summed E-state index contributed by atoms with van der Waals surface area (Å²) in [6.45, 7) is 0. The molecule has 1 N–H and O–H groups in total. The van der Waals surface area contributed by atoms with Crippen LogP contribution in [0.25, 0.3) is 0 Å². The predicted octanol–water partition coefficient (Wildman–Crippen LogP) is 3.36. The number of halogens is 4. The lowest BCUT2D eigenvalue weighted by molar-refractivity contribution is -0.141. The van der Waals surface area contributed by atoms with Crippen molar-refractivity contribution < 1.29 is 18.0 Å². The van der Waals surface area contributed by atoms with E-state index in [1.54, 1.807) is 11.4 Å². The van der Waals surface area contributed by atoms with Gasteiger partial charge in [0.05, 0.1) is 14.1 Å². The van der Waals surface area contributed by atoms with Crippen molar-refractivity contribution in [2.75, 3.05) is 5.32 Å². The van der Waals surface area contributed by atoms with E-state index < -0.39 is 23.3 Å². The van der Waals surface area contributed by atoms with Crippen molar-refractivity contribution in [2.24, 2.45) is 7.05 Å². The van der Waals surface area contributed by atoms with Crippen molar-refractivity contribution in [3.05, 3.63) is 31.8 Å². The molecule has 0 aromatic carbocycles. The molecule has 0 spiro atoms. The van der Waals surface area contributed by atoms with Gasteiger partial charge in [-0.1, -0.05) is 0 Å². The number of aryl methyl sites for hydroxylation is 1. The van der Waals surface area contributed by atoms with Gasteiger partial charge in [0, 0.05) is 13.2 Å². The zero-order valence-corrected chi connectivity index (χ0v) is 12.4. The zero-order chi connectivity index (χ0) is 14.2. The monoisotopic (exact) mass is 401 g/mol. The SMILES string of the molecule is Cn1cc(C(=O)Nc2ccsc2I)c(C(F)(F)F)n1. The number of carbonyl (C=O) groups excluding carboxylic acids is 1. The van der Waals surface area contributed by atoms with Gasteiger partial charge in [-0.2, -0.15) is 18.3 Å². The molecule has 102 valence electrons. The maximum Gasteiger partial charge on any atom is 0.435 e. The fraction of sp³-hybridized carbons (Fsp3) is 0.200. The Balaban J connectivity index is 2.32. The minimum absolute atomic E-state index is 0.489. The van der Waals surface area contributed by atoms with Crippen molar-refractivity contribution in [1.29, 1.82) is 0 Å². The molecule has 0 saturated heterocycles. The lowest BCUT2D eigenvalue weighted by Gasteiger charge is -2.06. The highest BCUT2D eigenvalue weighted by Crippen LogP contribution is 2.31. The highest BCUT2D eigenvalue weighted by Gasteiger charge is 2.39. The maximum atomic E-state index is 12.7. The molecule has 0 saturated carbocycles. The van der Waals surface area contributed by atoms with Gasteiger partial charge in [-0.25, -0.2) is 0 Å². The molecule has 1 amide bonds. The van der Waals surface area contributed by atoms with Crippen LogP contribution in [0.2, 0.25) is 0 Å². The Kier molecular flexibility index (Phi) is 3.85. The summed E-state index contributed by atoms with van der Waals surface area (Å²) in [5.41, 5.74) is -1.18. The van der Waals surface area contributed by atoms with E-state index in [-0.39, 0.29) is 0 Å². The molecule has 0 radical (unpaired) electrons. The third-order valence-electron chi connectivity index (χ3n) is 2.21. The van der Waals surface area contributed by atoms with Crippen molar-refractivity contribution in [2.45, 2.75) is 6.18 Å². The molecule has 0 aliphatic carbocycles. The molecule has 0 unspecified atom stereocenters. The average molecular weight is 401 g/mol. The van der Waals surface area contributed by atoms with E-state index in [0.29, 0.717) is 5.69 Å². The molecule has 0 aliphatic rings. The molecule has 0 bridgehead atoms. The third-order valence-corrected chi connectivity index (χ3v) is 4.25. The number of hydrogen-bond donors (Lipinski definition) is 1. The number of nitrogens with zero attached hydrogens (tertiary/aromatic N) is 2. The first-order valence-electron chi connectivity index (χ1n) is 4.94. The Bertz CT molecular complexity index is 620. The van der Waals surface area contributed by atoms with Gasteiger partial charge in [0.15, 0.2) is 5.69 Å². The van der Waals surface area contributed by atoms with Gasteiger partial charge >= 0.3 is 6.18 Å². The van der Waals surface area contributed by atoms with Crippen LogP contribution in [0.15, 0.2) is 17.6 Å². The van der Waals surface area contributed by atoms with E-state index in [9.17, 15) is 18.0 Å². The van der Waals surface area contributed by atoms with Crippen LogP contribution in [0.3, 0.4) is 0 Å². The Morgan fingerprint density at radius 2 is 2.21 bits per heavy atom. The topological polar surface area (TPSA) is 46.9 Å². The molecular weight excluding hydrogens is 394 g/mol. The van der Waals surface area contributed by atoms with Gasteiger partial charge in [0.25, 0.3) is 5.91 Å². The summed E-state index contributed by atoms with van der Waals surface area (Å²) >= 11 is 3.38. The molecule has 0 atom stereocenters. The highest BCUT2D eigenvalue weighted by molar-refractivity contribution is 14.1. The Hall–Kier alpha value is -1.10. The number of hydrogen-bond acceptors (Lipinski definition) is 3. The van der Waals surface area contributed by atoms with E-state index >= 15 is 0 Å². The van der Waals surface area contributed by atoms with Crippen LogP contribution in [0.1, 0.15) is 16.1 Å². The predicted molar refractivity (Wildman–Crippen MR) is 73.2 cm³/mol. The van der Waals surface area contributed by atoms with Gasteiger partial charge in [-0.05, 0) is 34.0 Å². The van der Waals surface area contributed by atoms with Crippen LogP contribution in [0, 0.1) is 2.88 Å². The van der Waals surface area contributed by atoms with Crippen LogP contribution in [-0.2, 0) is 13.2 Å². The fourth-order valence-corrected chi connectivity index (χ4v) is 2.76. The highest BCUT2D eigenvalue weighted by atomic mass is 127. The molecule has 4 nitrogen and oxygen atoms in total. The molecule has 2 heterocycles. The number of thiophene rings is 1. The number of rotatable bonds is 2. The maximum absolute atomic E-state index is 12.7. The summed E-state index contributed by atoms with van der Waals surface area (Å²) in [5, 5.41) is 7.47. The van der Waals surface area contributed by atoms with Gasteiger partial charge in [0.2, 0.25) is 0 Å². The second kappa shape index (κ2) is 5.12. The van der Waals surface area contributed by atoms with Crippen LogP contribution in [0.5, 0.6) is 0 Å². The molecule has 2 aromatic rings.